The van der Waals surface area contributed by atoms with Gasteiger partial charge in [0.15, 0.2) is 0 Å². The van der Waals surface area contributed by atoms with Crippen molar-refractivity contribution in [2.45, 2.75) is 12.8 Å². The minimum absolute atomic E-state index is 0.0405. The number of ether oxygens (including phenoxy) is 1. The second kappa shape index (κ2) is 11.8. The number of anilines is 2. The van der Waals surface area contributed by atoms with Crippen LogP contribution in [0.5, 0.6) is 5.75 Å². The fourth-order valence-corrected chi connectivity index (χ4v) is 4.03. The zero-order chi connectivity index (χ0) is 25.3. The van der Waals surface area contributed by atoms with Crippen LogP contribution in [0.3, 0.4) is 0 Å². The number of piperidine rings is 1. The van der Waals surface area contributed by atoms with Gasteiger partial charge in [0.1, 0.15) is 5.75 Å². The molecule has 1 fully saturated rings. The van der Waals surface area contributed by atoms with Gasteiger partial charge < -0.3 is 20.3 Å². The standard InChI is InChI=1S/C29H29N3O4/c1-36-26-14-12-25(13-15-26)31-28(34)22-8-10-24(11-9-22)30-29(35)23-17-19-32(20-18-23)27(33)16-7-21-5-3-2-4-6-21/h2-16,23H,17-20H2,1H3,(H,30,35)(H,31,34)/b16-7+. The third kappa shape index (κ3) is 6.60. The van der Waals surface area contributed by atoms with Crippen LogP contribution >= 0.6 is 0 Å². The molecule has 1 heterocycles. The van der Waals surface area contributed by atoms with E-state index in [1.165, 1.54) is 0 Å². The van der Waals surface area contributed by atoms with E-state index < -0.39 is 0 Å². The highest BCUT2D eigenvalue weighted by Crippen LogP contribution is 2.21. The Kier molecular flexibility index (Phi) is 8.13. The maximum absolute atomic E-state index is 12.7. The number of benzene rings is 3. The van der Waals surface area contributed by atoms with Crippen LogP contribution in [0, 0.1) is 5.92 Å². The lowest BCUT2D eigenvalue weighted by molar-refractivity contribution is -0.130. The number of carbonyl (C=O) groups is 3. The van der Waals surface area contributed by atoms with Gasteiger partial charge in [-0.05, 0) is 73.0 Å². The normalized spacial score (nSPS) is 13.9. The summed E-state index contributed by atoms with van der Waals surface area (Å²) in [4.78, 5) is 39.5. The van der Waals surface area contributed by atoms with Gasteiger partial charge in [-0.2, -0.15) is 0 Å². The molecule has 0 saturated carbocycles. The molecule has 3 aromatic rings. The highest BCUT2D eigenvalue weighted by atomic mass is 16.5. The predicted molar refractivity (Wildman–Crippen MR) is 141 cm³/mol. The summed E-state index contributed by atoms with van der Waals surface area (Å²) in [5.74, 6) is 0.199. The minimum Gasteiger partial charge on any atom is -0.497 e. The van der Waals surface area contributed by atoms with Gasteiger partial charge in [-0.1, -0.05) is 30.3 Å². The van der Waals surface area contributed by atoms with E-state index in [-0.39, 0.29) is 23.6 Å². The molecule has 1 aliphatic heterocycles. The first-order chi connectivity index (χ1) is 17.5. The van der Waals surface area contributed by atoms with Crippen LogP contribution in [0.25, 0.3) is 6.08 Å². The smallest absolute Gasteiger partial charge is 0.255 e. The predicted octanol–water partition coefficient (Wildman–Crippen LogP) is 4.84. The highest BCUT2D eigenvalue weighted by Gasteiger charge is 2.26. The zero-order valence-electron chi connectivity index (χ0n) is 20.1. The number of carbonyl (C=O) groups excluding carboxylic acids is 3. The molecule has 7 heteroatoms. The Morgan fingerprint density at radius 3 is 2.08 bits per heavy atom. The number of hydrogen-bond donors (Lipinski definition) is 2. The Morgan fingerprint density at radius 1 is 0.833 bits per heavy atom. The molecule has 36 heavy (non-hydrogen) atoms. The number of rotatable bonds is 7. The van der Waals surface area contributed by atoms with Crippen LogP contribution in [-0.2, 0) is 9.59 Å². The Bertz CT molecular complexity index is 1210. The Balaban J connectivity index is 1.24. The molecule has 0 aliphatic carbocycles. The second-order valence-electron chi connectivity index (χ2n) is 8.59. The Hall–Kier alpha value is -4.39. The number of nitrogens with zero attached hydrogens (tertiary/aromatic N) is 1. The van der Waals surface area contributed by atoms with E-state index in [0.717, 1.165) is 5.56 Å². The molecule has 3 amide bonds. The molecule has 0 atom stereocenters. The van der Waals surface area contributed by atoms with Crippen molar-refractivity contribution in [2.24, 2.45) is 5.92 Å². The van der Waals surface area contributed by atoms with Gasteiger partial charge in [0.2, 0.25) is 11.8 Å². The molecule has 184 valence electrons. The van der Waals surface area contributed by atoms with Crippen molar-refractivity contribution in [1.82, 2.24) is 4.90 Å². The van der Waals surface area contributed by atoms with E-state index in [4.69, 9.17) is 4.74 Å². The highest BCUT2D eigenvalue weighted by molar-refractivity contribution is 6.04. The number of amides is 3. The molecular weight excluding hydrogens is 454 g/mol. The van der Waals surface area contributed by atoms with E-state index in [1.807, 2.05) is 36.4 Å². The third-order valence-electron chi connectivity index (χ3n) is 6.16. The number of nitrogens with one attached hydrogen (secondary N) is 2. The van der Waals surface area contributed by atoms with E-state index >= 15 is 0 Å². The van der Waals surface area contributed by atoms with Crippen molar-refractivity contribution in [2.75, 3.05) is 30.8 Å². The molecule has 7 nitrogen and oxygen atoms in total. The zero-order valence-corrected chi connectivity index (χ0v) is 20.1. The monoisotopic (exact) mass is 483 g/mol. The largest absolute Gasteiger partial charge is 0.497 e. The SMILES string of the molecule is COc1ccc(NC(=O)c2ccc(NC(=O)C3CCN(C(=O)/C=C/c4ccccc4)CC3)cc2)cc1. The lowest BCUT2D eigenvalue weighted by atomic mass is 9.95. The van der Waals surface area contributed by atoms with E-state index in [1.54, 1.807) is 66.6 Å². The number of hydrogen-bond acceptors (Lipinski definition) is 4. The Morgan fingerprint density at radius 2 is 1.44 bits per heavy atom. The molecular formula is C29H29N3O4. The molecule has 2 N–H and O–H groups in total. The molecule has 3 aromatic carbocycles. The fourth-order valence-electron chi connectivity index (χ4n) is 4.03. The van der Waals surface area contributed by atoms with Crippen LogP contribution < -0.4 is 15.4 Å². The summed E-state index contributed by atoms with van der Waals surface area (Å²) in [6.45, 7) is 1.08. The van der Waals surface area contributed by atoms with Crippen molar-refractivity contribution in [3.8, 4) is 5.75 Å². The maximum atomic E-state index is 12.7. The number of methoxy groups -OCH3 is 1. The van der Waals surface area contributed by atoms with Gasteiger partial charge in [-0.15, -0.1) is 0 Å². The average Bonchev–Trinajstić information content (AvgIpc) is 2.93. The van der Waals surface area contributed by atoms with Gasteiger partial charge in [0.25, 0.3) is 5.91 Å². The van der Waals surface area contributed by atoms with Crippen molar-refractivity contribution < 1.29 is 19.1 Å². The average molecular weight is 484 g/mol. The third-order valence-corrected chi connectivity index (χ3v) is 6.16. The first-order valence-electron chi connectivity index (χ1n) is 11.9. The lowest BCUT2D eigenvalue weighted by Gasteiger charge is -2.30. The van der Waals surface area contributed by atoms with Crippen LogP contribution in [0.2, 0.25) is 0 Å². The van der Waals surface area contributed by atoms with Crippen LogP contribution in [0.1, 0.15) is 28.8 Å². The van der Waals surface area contributed by atoms with Crippen molar-refractivity contribution in [3.63, 3.8) is 0 Å². The Labute approximate surface area is 210 Å². The first kappa shape index (κ1) is 24.7. The summed E-state index contributed by atoms with van der Waals surface area (Å²) in [6, 6.07) is 23.5. The maximum Gasteiger partial charge on any atom is 0.255 e. The summed E-state index contributed by atoms with van der Waals surface area (Å²) in [5, 5.41) is 5.76. The van der Waals surface area contributed by atoms with E-state index in [0.29, 0.717) is 48.6 Å². The number of likely N-dealkylation sites (tertiary alicyclic amines) is 1. The summed E-state index contributed by atoms with van der Waals surface area (Å²) in [7, 11) is 1.59. The second-order valence-corrected chi connectivity index (χ2v) is 8.59. The van der Waals surface area contributed by atoms with Crippen LogP contribution in [0.15, 0.2) is 84.9 Å². The van der Waals surface area contributed by atoms with E-state index in [9.17, 15) is 14.4 Å². The van der Waals surface area contributed by atoms with Gasteiger partial charge in [0.05, 0.1) is 7.11 Å². The van der Waals surface area contributed by atoms with E-state index in [2.05, 4.69) is 10.6 Å². The first-order valence-corrected chi connectivity index (χ1v) is 11.9. The molecule has 0 spiro atoms. The van der Waals surface area contributed by atoms with Gasteiger partial charge >= 0.3 is 0 Å². The van der Waals surface area contributed by atoms with Gasteiger partial charge in [-0.25, -0.2) is 0 Å². The molecule has 0 radical (unpaired) electrons. The molecule has 0 unspecified atom stereocenters. The molecule has 1 saturated heterocycles. The molecule has 1 aliphatic rings. The van der Waals surface area contributed by atoms with Gasteiger partial charge in [0, 0.05) is 42.0 Å². The van der Waals surface area contributed by atoms with Crippen LogP contribution in [0.4, 0.5) is 11.4 Å². The topological polar surface area (TPSA) is 87.7 Å². The molecule has 0 bridgehead atoms. The van der Waals surface area contributed by atoms with Crippen LogP contribution in [-0.4, -0.2) is 42.8 Å². The fraction of sp³-hybridized carbons (Fsp3) is 0.207. The quantitative estimate of drug-likeness (QED) is 0.471. The molecule has 0 aromatic heterocycles. The van der Waals surface area contributed by atoms with Gasteiger partial charge in [-0.3, -0.25) is 14.4 Å². The summed E-state index contributed by atoms with van der Waals surface area (Å²) >= 11 is 0. The molecule has 4 rings (SSSR count). The minimum atomic E-state index is -0.239. The summed E-state index contributed by atoms with van der Waals surface area (Å²) in [6.07, 6.45) is 4.61. The summed E-state index contributed by atoms with van der Waals surface area (Å²) in [5.41, 5.74) is 2.76. The van der Waals surface area contributed by atoms with Crippen molar-refractivity contribution in [3.05, 3.63) is 96.1 Å². The lowest BCUT2D eigenvalue weighted by Crippen LogP contribution is -2.40. The van der Waals surface area contributed by atoms with Crippen molar-refractivity contribution in [1.29, 1.82) is 0 Å². The van der Waals surface area contributed by atoms with Crippen molar-refractivity contribution >= 4 is 35.2 Å². The summed E-state index contributed by atoms with van der Waals surface area (Å²) < 4.78 is 5.12.